The van der Waals surface area contributed by atoms with Crippen molar-refractivity contribution in [1.82, 2.24) is 24.8 Å². The minimum absolute atomic E-state index is 0.338. The highest BCUT2D eigenvalue weighted by Crippen LogP contribution is 2.11. The summed E-state index contributed by atoms with van der Waals surface area (Å²) in [6, 6.07) is 0. The number of carbonyl (C=O) groups excluding carboxylic acids is 1. The number of rotatable bonds is 7. The predicted molar refractivity (Wildman–Crippen MR) is 76.9 cm³/mol. The molecule has 0 aliphatic heterocycles. The average molecular weight is 291 g/mol. The molecule has 21 heavy (non-hydrogen) atoms. The molecule has 7 heteroatoms. The van der Waals surface area contributed by atoms with Gasteiger partial charge in [-0.2, -0.15) is 5.10 Å². The molecule has 0 saturated carbocycles. The highest BCUT2D eigenvalue weighted by atomic mass is 16.5. The van der Waals surface area contributed by atoms with Gasteiger partial charge in [0.15, 0.2) is 5.69 Å². The van der Waals surface area contributed by atoms with Crippen LogP contribution in [0.15, 0.2) is 12.4 Å². The summed E-state index contributed by atoms with van der Waals surface area (Å²) in [4.78, 5) is 11.9. The molecule has 0 bridgehead atoms. The largest absolute Gasteiger partial charge is 0.461 e. The zero-order valence-electron chi connectivity index (χ0n) is 12.7. The van der Waals surface area contributed by atoms with Crippen molar-refractivity contribution in [2.75, 3.05) is 6.61 Å². The molecule has 0 radical (unpaired) electrons. The SMILES string of the molecule is CCCc1c(C(=O)OCC)nnn1CCc1cnn(C)c1. The van der Waals surface area contributed by atoms with Crippen LogP contribution in [-0.2, 0) is 31.2 Å². The number of aryl methyl sites for hydroxylation is 3. The second-order valence-electron chi connectivity index (χ2n) is 4.85. The molecule has 2 aromatic heterocycles. The van der Waals surface area contributed by atoms with E-state index in [1.807, 2.05) is 19.4 Å². The van der Waals surface area contributed by atoms with E-state index in [4.69, 9.17) is 4.74 Å². The molecule has 7 nitrogen and oxygen atoms in total. The summed E-state index contributed by atoms with van der Waals surface area (Å²) in [7, 11) is 1.89. The van der Waals surface area contributed by atoms with Gasteiger partial charge in [0.2, 0.25) is 0 Å². The van der Waals surface area contributed by atoms with E-state index in [1.54, 1.807) is 16.3 Å². The summed E-state index contributed by atoms with van der Waals surface area (Å²) in [6.07, 6.45) is 6.29. The fraction of sp³-hybridized carbons (Fsp3) is 0.571. The van der Waals surface area contributed by atoms with Crippen LogP contribution in [0.4, 0.5) is 0 Å². The molecule has 0 aliphatic rings. The van der Waals surface area contributed by atoms with E-state index < -0.39 is 5.97 Å². The van der Waals surface area contributed by atoms with E-state index in [2.05, 4.69) is 22.3 Å². The van der Waals surface area contributed by atoms with Crippen LogP contribution in [0, 0.1) is 0 Å². The molecule has 0 amide bonds. The number of carbonyl (C=O) groups is 1. The third-order valence-electron chi connectivity index (χ3n) is 3.16. The lowest BCUT2D eigenvalue weighted by Gasteiger charge is -2.06. The molecule has 114 valence electrons. The van der Waals surface area contributed by atoms with Crippen LogP contribution in [0.25, 0.3) is 0 Å². The molecule has 0 unspecified atom stereocenters. The Bertz CT molecular complexity index is 602. The second kappa shape index (κ2) is 7.01. The fourth-order valence-electron chi connectivity index (χ4n) is 2.19. The molecule has 0 N–H and O–H groups in total. The summed E-state index contributed by atoms with van der Waals surface area (Å²) in [5, 5.41) is 12.2. The summed E-state index contributed by atoms with van der Waals surface area (Å²) < 4.78 is 8.59. The molecule has 2 heterocycles. The summed E-state index contributed by atoms with van der Waals surface area (Å²) in [5.41, 5.74) is 2.32. The maximum atomic E-state index is 11.9. The predicted octanol–water partition coefficient (Wildman–Crippen LogP) is 1.38. The highest BCUT2D eigenvalue weighted by Gasteiger charge is 2.20. The van der Waals surface area contributed by atoms with E-state index >= 15 is 0 Å². The van der Waals surface area contributed by atoms with Crippen LogP contribution in [-0.4, -0.2) is 37.4 Å². The lowest BCUT2D eigenvalue weighted by Crippen LogP contribution is -2.12. The molecular weight excluding hydrogens is 270 g/mol. The third kappa shape index (κ3) is 3.68. The Morgan fingerprint density at radius 1 is 1.33 bits per heavy atom. The molecule has 0 aromatic carbocycles. The lowest BCUT2D eigenvalue weighted by molar-refractivity contribution is 0.0518. The number of hydrogen-bond donors (Lipinski definition) is 0. The van der Waals surface area contributed by atoms with Crippen LogP contribution in [0.5, 0.6) is 0 Å². The maximum absolute atomic E-state index is 11.9. The Morgan fingerprint density at radius 2 is 2.14 bits per heavy atom. The normalized spacial score (nSPS) is 10.8. The topological polar surface area (TPSA) is 74.8 Å². The lowest BCUT2D eigenvalue weighted by atomic mass is 10.2. The highest BCUT2D eigenvalue weighted by molar-refractivity contribution is 5.88. The molecule has 0 spiro atoms. The van der Waals surface area contributed by atoms with E-state index in [0.29, 0.717) is 18.8 Å². The standard InChI is InChI=1S/C14H21N5O2/c1-4-6-12-13(14(20)21-5-2)16-17-19(12)8-7-11-9-15-18(3)10-11/h9-10H,4-8H2,1-3H3. The van der Waals surface area contributed by atoms with Gasteiger partial charge in [-0.3, -0.25) is 4.68 Å². The molecule has 0 saturated heterocycles. The Balaban J connectivity index is 2.13. The van der Waals surface area contributed by atoms with Gasteiger partial charge in [0, 0.05) is 19.8 Å². The van der Waals surface area contributed by atoms with Crippen molar-refractivity contribution in [3.63, 3.8) is 0 Å². The van der Waals surface area contributed by atoms with Crippen LogP contribution >= 0.6 is 0 Å². The van der Waals surface area contributed by atoms with Gasteiger partial charge in [-0.05, 0) is 25.3 Å². The number of esters is 1. The van der Waals surface area contributed by atoms with Gasteiger partial charge in [0.25, 0.3) is 0 Å². The molecule has 0 aliphatic carbocycles. The van der Waals surface area contributed by atoms with Gasteiger partial charge >= 0.3 is 5.97 Å². The van der Waals surface area contributed by atoms with Gasteiger partial charge in [-0.25, -0.2) is 9.48 Å². The van der Waals surface area contributed by atoms with Crippen molar-refractivity contribution in [3.05, 3.63) is 29.3 Å². The van der Waals surface area contributed by atoms with Crippen molar-refractivity contribution in [2.45, 2.75) is 39.7 Å². The smallest absolute Gasteiger partial charge is 0.360 e. The summed E-state index contributed by atoms with van der Waals surface area (Å²) in [6.45, 7) is 4.86. The maximum Gasteiger partial charge on any atom is 0.360 e. The quantitative estimate of drug-likeness (QED) is 0.720. The van der Waals surface area contributed by atoms with Crippen molar-refractivity contribution in [1.29, 1.82) is 0 Å². The Kier molecular flexibility index (Phi) is 5.08. The first-order chi connectivity index (χ1) is 10.2. The third-order valence-corrected chi connectivity index (χ3v) is 3.16. The first kappa shape index (κ1) is 15.2. The van der Waals surface area contributed by atoms with Gasteiger partial charge in [-0.15, -0.1) is 5.10 Å². The van der Waals surface area contributed by atoms with Crippen molar-refractivity contribution < 1.29 is 9.53 Å². The van der Waals surface area contributed by atoms with Gasteiger partial charge in [-0.1, -0.05) is 18.6 Å². The zero-order valence-corrected chi connectivity index (χ0v) is 12.7. The first-order valence-corrected chi connectivity index (χ1v) is 7.22. The average Bonchev–Trinajstić information content (AvgIpc) is 3.04. The Hall–Kier alpha value is -2.18. The molecule has 2 aromatic rings. The number of hydrogen-bond acceptors (Lipinski definition) is 5. The van der Waals surface area contributed by atoms with Crippen LogP contribution < -0.4 is 0 Å². The van der Waals surface area contributed by atoms with Crippen LogP contribution in [0.2, 0.25) is 0 Å². The zero-order chi connectivity index (χ0) is 15.2. The molecule has 0 atom stereocenters. The monoisotopic (exact) mass is 291 g/mol. The minimum atomic E-state index is -0.395. The van der Waals surface area contributed by atoms with E-state index in [9.17, 15) is 4.79 Å². The van der Waals surface area contributed by atoms with Crippen LogP contribution in [0.3, 0.4) is 0 Å². The Morgan fingerprint density at radius 3 is 2.76 bits per heavy atom. The summed E-state index contributed by atoms with van der Waals surface area (Å²) in [5.74, 6) is -0.395. The second-order valence-corrected chi connectivity index (χ2v) is 4.85. The van der Waals surface area contributed by atoms with Crippen molar-refractivity contribution >= 4 is 5.97 Å². The molecule has 0 fully saturated rings. The van der Waals surface area contributed by atoms with Crippen LogP contribution in [0.1, 0.15) is 42.0 Å². The van der Waals surface area contributed by atoms with Crippen molar-refractivity contribution in [2.24, 2.45) is 7.05 Å². The van der Waals surface area contributed by atoms with E-state index in [1.165, 1.54) is 0 Å². The number of aromatic nitrogens is 5. The number of ether oxygens (including phenoxy) is 1. The van der Waals surface area contributed by atoms with Crippen molar-refractivity contribution in [3.8, 4) is 0 Å². The molecule has 2 rings (SSSR count). The minimum Gasteiger partial charge on any atom is -0.461 e. The van der Waals surface area contributed by atoms with E-state index in [-0.39, 0.29) is 0 Å². The van der Waals surface area contributed by atoms with E-state index in [0.717, 1.165) is 30.5 Å². The first-order valence-electron chi connectivity index (χ1n) is 7.22. The molecular formula is C14H21N5O2. The van der Waals surface area contributed by atoms with Gasteiger partial charge < -0.3 is 4.74 Å². The number of nitrogens with zero attached hydrogens (tertiary/aromatic N) is 5. The fourth-order valence-corrected chi connectivity index (χ4v) is 2.19. The summed E-state index contributed by atoms with van der Waals surface area (Å²) >= 11 is 0. The Labute approximate surface area is 123 Å². The van der Waals surface area contributed by atoms with Gasteiger partial charge in [0.1, 0.15) is 0 Å². The van der Waals surface area contributed by atoms with Gasteiger partial charge in [0.05, 0.1) is 18.5 Å².